The number of hydrogen-bond donors (Lipinski definition) is 1. The maximum atomic E-state index is 12.5. The predicted molar refractivity (Wildman–Crippen MR) is 109 cm³/mol. The number of aliphatic hydroxyl groups is 1. The second-order valence-electron chi connectivity index (χ2n) is 7.87. The normalized spacial score (nSPS) is 20.1. The third kappa shape index (κ3) is 5.96. The van der Waals surface area contributed by atoms with Crippen molar-refractivity contribution in [3.63, 3.8) is 0 Å². The lowest BCUT2D eigenvalue weighted by Crippen LogP contribution is -2.38. The minimum Gasteiger partial charge on any atom is -0.497 e. The van der Waals surface area contributed by atoms with Crippen molar-refractivity contribution >= 4 is 5.78 Å². The summed E-state index contributed by atoms with van der Waals surface area (Å²) in [5, 5.41) is 9.02. The van der Waals surface area contributed by atoms with Gasteiger partial charge in [-0.05, 0) is 82.7 Å². The Balaban J connectivity index is 2.00. The third-order valence-electron chi connectivity index (χ3n) is 5.07. The predicted octanol–water partition coefficient (Wildman–Crippen LogP) is 4.71. The van der Waals surface area contributed by atoms with Crippen LogP contribution >= 0.6 is 0 Å². The summed E-state index contributed by atoms with van der Waals surface area (Å²) in [6, 6.07) is 3.99. The summed E-state index contributed by atoms with van der Waals surface area (Å²) in [5.41, 5.74) is 3.73. The van der Waals surface area contributed by atoms with Crippen molar-refractivity contribution in [3.8, 4) is 11.5 Å². The molecule has 0 aliphatic carbocycles. The lowest BCUT2D eigenvalue weighted by atomic mass is 9.87. The average Bonchev–Trinajstić information content (AvgIpc) is 2.61. The quantitative estimate of drug-likeness (QED) is 0.530. The molecule has 0 saturated heterocycles. The van der Waals surface area contributed by atoms with Crippen molar-refractivity contribution in [1.82, 2.24) is 0 Å². The van der Waals surface area contributed by atoms with Gasteiger partial charge >= 0.3 is 0 Å². The minimum absolute atomic E-state index is 0.0875. The largest absolute Gasteiger partial charge is 0.497 e. The molecular weight excluding hydrogens is 340 g/mol. The number of ketones is 1. The Morgan fingerprint density at radius 2 is 2.07 bits per heavy atom. The van der Waals surface area contributed by atoms with Gasteiger partial charge in [-0.2, -0.15) is 0 Å². The number of methoxy groups -OCH3 is 1. The van der Waals surface area contributed by atoms with Crippen LogP contribution in [0.3, 0.4) is 0 Å². The fraction of sp³-hybridized carbons (Fsp3) is 0.522. The Morgan fingerprint density at radius 1 is 1.33 bits per heavy atom. The van der Waals surface area contributed by atoms with Crippen molar-refractivity contribution in [2.45, 2.75) is 65.4 Å². The number of allylic oxidation sites excluding steroid dienone is 3. The number of carbonyl (C=O) groups is 1. The topological polar surface area (TPSA) is 55.8 Å². The van der Waals surface area contributed by atoms with E-state index in [2.05, 4.69) is 0 Å². The molecule has 4 heteroatoms. The first-order valence-electron chi connectivity index (χ1n) is 9.59. The van der Waals surface area contributed by atoms with E-state index in [0.717, 1.165) is 59.5 Å². The lowest BCUT2D eigenvalue weighted by Gasteiger charge is -2.36. The van der Waals surface area contributed by atoms with Crippen LogP contribution in [0.4, 0.5) is 0 Å². The van der Waals surface area contributed by atoms with E-state index in [1.54, 1.807) is 13.2 Å². The molecule has 0 radical (unpaired) electrons. The molecule has 0 aromatic heterocycles. The van der Waals surface area contributed by atoms with E-state index in [9.17, 15) is 4.79 Å². The maximum Gasteiger partial charge on any atom is 0.159 e. The molecule has 1 aromatic carbocycles. The molecule has 0 unspecified atom stereocenters. The SMILES string of the molecule is COc1cc(C)c2c(c1)CC[C@@](C)(CC(=O)/C=C(\C)CC/C=C(\C)CO)O2. The Hall–Kier alpha value is -2.07. The van der Waals surface area contributed by atoms with Gasteiger partial charge in [0.15, 0.2) is 5.78 Å². The zero-order valence-electron chi connectivity index (χ0n) is 17.2. The van der Waals surface area contributed by atoms with Gasteiger partial charge in [-0.15, -0.1) is 0 Å². The second kappa shape index (κ2) is 9.23. The fourth-order valence-corrected chi connectivity index (χ4v) is 3.46. The van der Waals surface area contributed by atoms with Gasteiger partial charge in [0, 0.05) is 6.42 Å². The van der Waals surface area contributed by atoms with Crippen molar-refractivity contribution in [1.29, 1.82) is 0 Å². The smallest absolute Gasteiger partial charge is 0.159 e. The molecule has 4 nitrogen and oxygen atoms in total. The number of ether oxygens (including phenoxy) is 2. The Morgan fingerprint density at radius 3 is 2.74 bits per heavy atom. The molecule has 0 amide bonds. The maximum absolute atomic E-state index is 12.5. The molecule has 1 atom stereocenters. The summed E-state index contributed by atoms with van der Waals surface area (Å²) < 4.78 is 11.6. The van der Waals surface area contributed by atoms with Crippen LogP contribution in [0, 0.1) is 6.92 Å². The molecule has 0 fully saturated rings. The fourth-order valence-electron chi connectivity index (χ4n) is 3.46. The molecular formula is C23H32O4. The summed E-state index contributed by atoms with van der Waals surface area (Å²) in [5.74, 6) is 1.84. The van der Waals surface area contributed by atoms with Gasteiger partial charge in [0.05, 0.1) is 13.7 Å². The van der Waals surface area contributed by atoms with Gasteiger partial charge in [-0.25, -0.2) is 0 Å². The number of aliphatic hydroxyl groups excluding tert-OH is 1. The van der Waals surface area contributed by atoms with E-state index in [-0.39, 0.29) is 12.4 Å². The molecule has 0 spiro atoms. The molecule has 0 bridgehead atoms. The lowest BCUT2D eigenvalue weighted by molar-refractivity contribution is -0.118. The molecule has 1 heterocycles. The van der Waals surface area contributed by atoms with Crippen LogP contribution in [0.25, 0.3) is 0 Å². The van der Waals surface area contributed by atoms with E-state index in [1.165, 1.54) is 0 Å². The summed E-state index contributed by atoms with van der Waals surface area (Å²) in [6.07, 6.45) is 7.48. The van der Waals surface area contributed by atoms with Crippen LogP contribution in [-0.4, -0.2) is 30.2 Å². The zero-order chi connectivity index (χ0) is 20.0. The van der Waals surface area contributed by atoms with Crippen molar-refractivity contribution in [3.05, 3.63) is 46.6 Å². The van der Waals surface area contributed by atoms with E-state index in [4.69, 9.17) is 14.6 Å². The van der Waals surface area contributed by atoms with E-state index in [0.29, 0.717) is 6.42 Å². The first-order chi connectivity index (χ1) is 12.8. The number of fused-ring (bicyclic) bond motifs is 1. The molecule has 2 rings (SSSR count). The van der Waals surface area contributed by atoms with E-state index < -0.39 is 5.60 Å². The average molecular weight is 373 g/mol. The summed E-state index contributed by atoms with van der Waals surface area (Å²) in [7, 11) is 1.67. The van der Waals surface area contributed by atoms with Crippen molar-refractivity contribution in [2.75, 3.05) is 13.7 Å². The highest BCUT2D eigenvalue weighted by molar-refractivity contribution is 5.91. The number of hydrogen-bond acceptors (Lipinski definition) is 4. The molecule has 27 heavy (non-hydrogen) atoms. The van der Waals surface area contributed by atoms with Gasteiger partial charge in [-0.1, -0.05) is 17.2 Å². The minimum atomic E-state index is -0.479. The molecule has 148 valence electrons. The highest BCUT2D eigenvalue weighted by Gasteiger charge is 2.34. The summed E-state index contributed by atoms with van der Waals surface area (Å²) in [6.45, 7) is 8.01. The van der Waals surface area contributed by atoms with Gasteiger partial charge in [0.25, 0.3) is 0 Å². The molecule has 1 aliphatic heterocycles. The summed E-state index contributed by atoms with van der Waals surface area (Å²) >= 11 is 0. The van der Waals surface area contributed by atoms with Crippen molar-refractivity contribution < 1.29 is 19.4 Å². The summed E-state index contributed by atoms with van der Waals surface area (Å²) in [4.78, 5) is 12.5. The van der Waals surface area contributed by atoms with Gasteiger partial charge in [0.2, 0.25) is 0 Å². The highest BCUT2D eigenvalue weighted by Crippen LogP contribution is 2.39. The Kier molecular flexibility index (Phi) is 7.25. The van der Waals surface area contributed by atoms with Crippen LogP contribution in [-0.2, 0) is 11.2 Å². The second-order valence-corrected chi connectivity index (χ2v) is 7.87. The molecule has 0 saturated carbocycles. The van der Waals surface area contributed by atoms with Crippen LogP contribution in [0.15, 0.2) is 35.4 Å². The number of rotatable bonds is 8. The highest BCUT2D eigenvalue weighted by atomic mass is 16.5. The molecule has 1 aliphatic rings. The first-order valence-corrected chi connectivity index (χ1v) is 9.59. The van der Waals surface area contributed by atoms with Crippen LogP contribution in [0.1, 0.15) is 57.6 Å². The zero-order valence-corrected chi connectivity index (χ0v) is 17.2. The van der Waals surface area contributed by atoms with E-state index >= 15 is 0 Å². The molecule has 1 N–H and O–H groups in total. The van der Waals surface area contributed by atoms with Gasteiger partial charge in [0.1, 0.15) is 17.1 Å². The van der Waals surface area contributed by atoms with Crippen LogP contribution in [0.2, 0.25) is 0 Å². The third-order valence-corrected chi connectivity index (χ3v) is 5.07. The van der Waals surface area contributed by atoms with Crippen LogP contribution < -0.4 is 9.47 Å². The van der Waals surface area contributed by atoms with Gasteiger partial charge in [-0.3, -0.25) is 4.79 Å². The first kappa shape index (κ1) is 21.2. The number of carbonyl (C=O) groups excluding carboxylic acids is 1. The monoisotopic (exact) mass is 372 g/mol. The number of benzene rings is 1. The van der Waals surface area contributed by atoms with Crippen molar-refractivity contribution in [2.24, 2.45) is 0 Å². The van der Waals surface area contributed by atoms with Crippen LogP contribution in [0.5, 0.6) is 11.5 Å². The van der Waals surface area contributed by atoms with E-state index in [1.807, 2.05) is 45.9 Å². The Bertz CT molecular complexity index is 745. The van der Waals surface area contributed by atoms with Gasteiger partial charge < -0.3 is 14.6 Å². The standard InChI is InChI=1S/C23H32O4/c1-16(7-6-8-17(2)15-24)11-20(25)14-23(4)10-9-19-13-21(26-5)12-18(3)22(19)27-23/h8,11-13,24H,6-7,9-10,14-15H2,1-5H3/b16-11+,17-8+/t23-/m0/s1. The number of aryl methyl sites for hydroxylation is 2. The molecule has 1 aromatic rings. The Labute approximate surface area is 162 Å².